The molecule has 1 amide bonds. The molecule has 3 aromatic rings. The summed E-state index contributed by atoms with van der Waals surface area (Å²) in [6.07, 6.45) is -0.114. The average Bonchev–Trinajstić information content (AvgIpc) is 3.15. The molecule has 0 saturated heterocycles. The topological polar surface area (TPSA) is 95.3 Å². The normalized spacial score (nSPS) is 11.6. The molecule has 9 heteroatoms. The van der Waals surface area contributed by atoms with Crippen LogP contribution in [0.4, 0.5) is 4.39 Å². The van der Waals surface area contributed by atoms with Gasteiger partial charge >= 0.3 is 5.97 Å². The lowest BCUT2D eigenvalue weighted by atomic mass is 10.0. The monoisotopic (exact) mass is 412 g/mol. The van der Waals surface area contributed by atoms with Crippen LogP contribution in [0.1, 0.15) is 34.2 Å². The Morgan fingerprint density at radius 3 is 2.57 bits per heavy atom. The molecule has 30 heavy (non-hydrogen) atoms. The van der Waals surface area contributed by atoms with Crippen LogP contribution >= 0.6 is 0 Å². The molecule has 1 aromatic heterocycles. The van der Waals surface area contributed by atoms with E-state index in [2.05, 4.69) is 15.6 Å². The highest BCUT2D eigenvalue weighted by atomic mass is 19.1. The molecule has 1 unspecified atom stereocenters. The predicted molar refractivity (Wildman–Crippen MR) is 106 cm³/mol. The Hall–Kier alpha value is -3.75. The number of rotatable bonds is 7. The van der Waals surface area contributed by atoms with Crippen LogP contribution in [0.3, 0.4) is 0 Å². The third-order valence-electron chi connectivity index (χ3n) is 4.58. The summed E-state index contributed by atoms with van der Waals surface area (Å²) in [5.74, 6) is -0.803. The number of carbonyl (C=O) groups excluding carboxylic acids is 2. The maximum atomic E-state index is 13.3. The van der Waals surface area contributed by atoms with Crippen LogP contribution in [-0.4, -0.2) is 41.1 Å². The van der Waals surface area contributed by atoms with Gasteiger partial charge in [0.05, 0.1) is 38.1 Å². The van der Waals surface area contributed by atoms with Crippen LogP contribution in [0.15, 0.2) is 48.5 Å². The highest BCUT2D eigenvalue weighted by molar-refractivity contribution is 5.93. The van der Waals surface area contributed by atoms with Gasteiger partial charge in [-0.15, -0.1) is 5.10 Å². The Morgan fingerprint density at radius 2 is 1.90 bits per heavy atom. The van der Waals surface area contributed by atoms with E-state index in [0.29, 0.717) is 22.7 Å². The summed E-state index contributed by atoms with van der Waals surface area (Å²) >= 11 is 0. The molecule has 156 valence electrons. The van der Waals surface area contributed by atoms with Crippen LogP contribution in [0.5, 0.6) is 5.75 Å². The van der Waals surface area contributed by atoms with Crippen molar-refractivity contribution in [2.45, 2.75) is 19.4 Å². The summed E-state index contributed by atoms with van der Waals surface area (Å²) in [4.78, 5) is 24.7. The summed E-state index contributed by atoms with van der Waals surface area (Å²) < 4.78 is 24.7. The van der Waals surface area contributed by atoms with E-state index in [1.807, 2.05) is 6.07 Å². The fraction of sp³-hybridized carbons (Fsp3) is 0.238. The smallest absolute Gasteiger partial charge is 0.307 e. The van der Waals surface area contributed by atoms with Crippen molar-refractivity contribution in [1.82, 2.24) is 20.3 Å². The Kier molecular flexibility index (Phi) is 6.41. The molecule has 0 aliphatic rings. The number of hydrogen-bond donors (Lipinski definition) is 1. The van der Waals surface area contributed by atoms with E-state index >= 15 is 0 Å². The van der Waals surface area contributed by atoms with Crippen molar-refractivity contribution < 1.29 is 23.5 Å². The molecule has 0 spiro atoms. The van der Waals surface area contributed by atoms with Gasteiger partial charge in [0, 0.05) is 6.07 Å². The van der Waals surface area contributed by atoms with Crippen molar-refractivity contribution in [2.75, 3.05) is 14.2 Å². The number of ether oxygens (including phenoxy) is 2. The van der Waals surface area contributed by atoms with Crippen molar-refractivity contribution >= 4 is 11.9 Å². The lowest BCUT2D eigenvalue weighted by Crippen LogP contribution is -2.31. The van der Waals surface area contributed by atoms with Crippen LogP contribution < -0.4 is 10.1 Å². The fourth-order valence-electron chi connectivity index (χ4n) is 2.95. The first-order chi connectivity index (χ1) is 14.4. The SMILES string of the molecule is COC(=O)CC(NC(=O)c1nnn(-c2cccc(OC)c2)c1C)c1ccc(F)cc1. The maximum absolute atomic E-state index is 13.3. The Labute approximate surface area is 172 Å². The minimum atomic E-state index is -0.716. The van der Waals surface area contributed by atoms with E-state index in [4.69, 9.17) is 9.47 Å². The number of nitrogens with zero attached hydrogens (tertiary/aromatic N) is 3. The van der Waals surface area contributed by atoms with Gasteiger partial charge in [-0.1, -0.05) is 23.4 Å². The zero-order chi connectivity index (χ0) is 21.7. The van der Waals surface area contributed by atoms with Gasteiger partial charge in [0.15, 0.2) is 5.69 Å². The first-order valence-corrected chi connectivity index (χ1v) is 9.12. The molecular formula is C21H21FN4O4. The molecule has 1 N–H and O–H groups in total. The molecule has 2 aromatic carbocycles. The molecule has 0 saturated carbocycles. The van der Waals surface area contributed by atoms with E-state index in [1.165, 1.54) is 36.1 Å². The van der Waals surface area contributed by atoms with Gasteiger partial charge < -0.3 is 14.8 Å². The summed E-state index contributed by atoms with van der Waals surface area (Å²) in [6, 6.07) is 12.0. The van der Waals surface area contributed by atoms with Crippen molar-refractivity contribution in [2.24, 2.45) is 0 Å². The first-order valence-electron chi connectivity index (χ1n) is 9.12. The maximum Gasteiger partial charge on any atom is 0.307 e. The molecule has 3 rings (SSSR count). The third-order valence-corrected chi connectivity index (χ3v) is 4.58. The fourth-order valence-corrected chi connectivity index (χ4v) is 2.95. The first kappa shape index (κ1) is 21.0. The Balaban J connectivity index is 1.86. The van der Waals surface area contributed by atoms with Crippen molar-refractivity contribution in [3.05, 3.63) is 71.3 Å². The number of carbonyl (C=O) groups is 2. The summed E-state index contributed by atoms with van der Waals surface area (Å²) in [6.45, 7) is 1.71. The molecule has 0 bridgehead atoms. The van der Waals surface area contributed by atoms with Gasteiger partial charge in [0.2, 0.25) is 0 Å². The van der Waals surface area contributed by atoms with Crippen molar-refractivity contribution in [3.63, 3.8) is 0 Å². The number of methoxy groups -OCH3 is 2. The Bertz CT molecular complexity index is 1050. The minimum Gasteiger partial charge on any atom is -0.497 e. The standard InChI is InChI=1S/C21H21FN4O4/c1-13-20(24-25-26(13)16-5-4-6-17(11-16)29-2)21(28)23-18(12-19(27)30-3)14-7-9-15(22)10-8-14/h4-11,18H,12H2,1-3H3,(H,23,28). The number of benzene rings is 2. The van der Waals surface area contributed by atoms with E-state index in [1.54, 1.807) is 32.2 Å². The van der Waals surface area contributed by atoms with Crippen LogP contribution in [-0.2, 0) is 9.53 Å². The molecule has 1 heterocycles. The average molecular weight is 412 g/mol. The summed E-state index contributed by atoms with van der Waals surface area (Å²) in [5, 5.41) is 10.8. The van der Waals surface area contributed by atoms with Crippen molar-refractivity contribution in [3.8, 4) is 11.4 Å². The van der Waals surface area contributed by atoms with Crippen LogP contribution in [0.25, 0.3) is 5.69 Å². The lowest BCUT2D eigenvalue weighted by molar-refractivity contribution is -0.141. The number of nitrogens with one attached hydrogen (secondary N) is 1. The lowest BCUT2D eigenvalue weighted by Gasteiger charge is -2.18. The van der Waals surface area contributed by atoms with Gasteiger partial charge in [0.25, 0.3) is 5.91 Å². The molecule has 0 aliphatic heterocycles. The van der Waals surface area contributed by atoms with Crippen molar-refractivity contribution in [1.29, 1.82) is 0 Å². The van der Waals surface area contributed by atoms with Crippen LogP contribution in [0.2, 0.25) is 0 Å². The van der Waals surface area contributed by atoms with Crippen LogP contribution in [0, 0.1) is 12.7 Å². The molecule has 1 atom stereocenters. The zero-order valence-electron chi connectivity index (χ0n) is 16.8. The second-order valence-corrected chi connectivity index (χ2v) is 6.49. The van der Waals surface area contributed by atoms with Gasteiger partial charge in [-0.05, 0) is 36.8 Å². The minimum absolute atomic E-state index is 0.106. The van der Waals surface area contributed by atoms with Gasteiger partial charge in [-0.25, -0.2) is 9.07 Å². The Morgan fingerprint density at radius 1 is 1.17 bits per heavy atom. The number of halogens is 1. The number of hydrogen-bond acceptors (Lipinski definition) is 6. The second-order valence-electron chi connectivity index (χ2n) is 6.49. The third kappa shape index (κ3) is 4.62. The van der Waals surface area contributed by atoms with E-state index in [0.717, 1.165) is 0 Å². The second kappa shape index (κ2) is 9.17. The summed E-state index contributed by atoms with van der Waals surface area (Å²) in [5.41, 5.74) is 1.86. The number of amides is 1. The van der Waals surface area contributed by atoms with Gasteiger partial charge in [-0.3, -0.25) is 9.59 Å². The number of esters is 1. The van der Waals surface area contributed by atoms with E-state index in [-0.39, 0.29) is 12.1 Å². The zero-order valence-corrected chi connectivity index (χ0v) is 16.8. The van der Waals surface area contributed by atoms with E-state index in [9.17, 15) is 14.0 Å². The largest absolute Gasteiger partial charge is 0.497 e. The van der Waals surface area contributed by atoms with Gasteiger partial charge in [0.1, 0.15) is 11.6 Å². The highest BCUT2D eigenvalue weighted by Crippen LogP contribution is 2.21. The van der Waals surface area contributed by atoms with Gasteiger partial charge in [-0.2, -0.15) is 0 Å². The quantitative estimate of drug-likeness (QED) is 0.600. The predicted octanol–water partition coefficient (Wildman–Crippen LogP) is 2.76. The molecule has 0 radical (unpaired) electrons. The van der Waals surface area contributed by atoms with E-state index < -0.39 is 23.7 Å². The molecule has 8 nitrogen and oxygen atoms in total. The molecule has 0 fully saturated rings. The highest BCUT2D eigenvalue weighted by Gasteiger charge is 2.24. The molecular weight excluding hydrogens is 391 g/mol. The number of aromatic nitrogens is 3. The molecule has 0 aliphatic carbocycles. The summed E-state index contributed by atoms with van der Waals surface area (Å²) in [7, 11) is 2.82.